The number of unbranched alkanes of at least 4 members (excludes halogenated alkanes) is 1. The molecule has 1 atom stereocenters. The van der Waals surface area contributed by atoms with E-state index in [1.165, 1.54) is 19.2 Å². The number of benzene rings is 1. The van der Waals surface area contributed by atoms with E-state index in [9.17, 15) is 18.0 Å². The van der Waals surface area contributed by atoms with Crippen LogP contribution in [0, 0.1) is 5.92 Å². The molecule has 0 heterocycles. The molecule has 0 aliphatic heterocycles. The summed E-state index contributed by atoms with van der Waals surface area (Å²) in [5, 5.41) is 2.50. The molecule has 0 saturated heterocycles. The maximum absolute atomic E-state index is 12.3. The van der Waals surface area contributed by atoms with Crippen molar-refractivity contribution in [2.45, 2.75) is 51.0 Å². The van der Waals surface area contributed by atoms with E-state index >= 15 is 0 Å². The minimum Gasteiger partial charge on any atom is -0.494 e. The van der Waals surface area contributed by atoms with Crippen molar-refractivity contribution in [3.05, 3.63) is 24.3 Å². The number of amides is 1. The van der Waals surface area contributed by atoms with Crippen LogP contribution >= 0.6 is 0 Å². The van der Waals surface area contributed by atoms with Crippen molar-refractivity contribution in [1.82, 2.24) is 10.0 Å². The van der Waals surface area contributed by atoms with Gasteiger partial charge in [-0.25, -0.2) is 17.9 Å². The molecule has 0 unspecified atom stereocenters. The number of hydrogen-bond acceptors (Lipinski definition) is 6. The summed E-state index contributed by atoms with van der Waals surface area (Å²) in [6, 6.07) is 5.15. The standard InChI is InChI=1S/C19H30N2O6S/c1-5-6-11-27-15-7-9-16(10-8-15)28(24,25)20-13-18(22)21-17(12-14(2)3)19(23)26-4/h7-10,14,17,20H,5-6,11-13H2,1-4H3,(H,21,22)/t17-/m0/s1. The summed E-state index contributed by atoms with van der Waals surface area (Å²) in [6.45, 7) is 5.94. The quantitative estimate of drug-likeness (QED) is 0.399. The van der Waals surface area contributed by atoms with Crippen molar-refractivity contribution in [2.75, 3.05) is 20.3 Å². The second kappa shape index (κ2) is 11.7. The fourth-order valence-corrected chi connectivity index (χ4v) is 3.35. The largest absolute Gasteiger partial charge is 0.494 e. The van der Waals surface area contributed by atoms with Crippen LogP contribution in [0.3, 0.4) is 0 Å². The number of esters is 1. The van der Waals surface area contributed by atoms with Gasteiger partial charge in [0, 0.05) is 0 Å². The molecule has 0 spiro atoms. The van der Waals surface area contributed by atoms with E-state index in [4.69, 9.17) is 4.74 Å². The average molecular weight is 415 g/mol. The van der Waals surface area contributed by atoms with Crippen LogP contribution in [0.4, 0.5) is 0 Å². The highest BCUT2D eigenvalue weighted by atomic mass is 32.2. The van der Waals surface area contributed by atoms with Crippen LogP contribution in [0.15, 0.2) is 29.2 Å². The summed E-state index contributed by atoms with van der Waals surface area (Å²) in [6.07, 6.45) is 2.32. The third-order valence-corrected chi connectivity index (χ3v) is 5.27. The number of nitrogens with one attached hydrogen (secondary N) is 2. The van der Waals surface area contributed by atoms with E-state index in [0.29, 0.717) is 18.8 Å². The van der Waals surface area contributed by atoms with Gasteiger partial charge < -0.3 is 14.8 Å². The van der Waals surface area contributed by atoms with Crippen molar-refractivity contribution in [3.63, 3.8) is 0 Å². The number of sulfonamides is 1. The SMILES string of the molecule is CCCCOc1ccc(S(=O)(=O)NCC(=O)N[C@@H](CC(C)C)C(=O)OC)cc1. The summed E-state index contributed by atoms with van der Waals surface area (Å²) in [7, 11) is -2.63. The Labute approximate surface area is 167 Å². The molecule has 0 saturated carbocycles. The highest BCUT2D eigenvalue weighted by molar-refractivity contribution is 7.89. The van der Waals surface area contributed by atoms with Gasteiger partial charge in [-0.15, -0.1) is 0 Å². The first-order valence-corrected chi connectivity index (χ1v) is 10.8. The van der Waals surface area contributed by atoms with Gasteiger partial charge in [-0.3, -0.25) is 4.79 Å². The zero-order valence-electron chi connectivity index (χ0n) is 16.9. The first kappa shape index (κ1) is 23.9. The molecular formula is C19H30N2O6S. The Morgan fingerprint density at radius 2 is 1.79 bits per heavy atom. The summed E-state index contributed by atoms with van der Waals surface area (Å²) >= 11 is 0. The van der Waals surface area contributed by atoms with Crippen LogP contribution in [-0.4, -0.2) is 46.6 Å². The summed E-state index contributed by atoms with van der Waals surface area (Å²) < 4.78 is 37.1. The van der Waals surface area contributed by atoms with Crippen molar-refractivity contribution in [2.24, 2.45) is 5.92 Å². The topological polar surface area (TPSA) is 111 Å². The van der Waals surface area contributed by atoms with Gasteiger partial charge in [-0.2, -0.15) is 0 Å². The molecular weight excluding hydrogens is 384 g/mol. The smallest absolute Gasteiger partial charge is 0.328 e. The van der Waals surface area contributed by atoms with Crippen LogP contribution in [0.2, 0.25) is 0 Å². The van der Waals surface area contributed by atoms with Crippen molar-refractivity contribution < 1.29 is 27.5 Å². The van der Waals surface area contributed by atoms with E-state index < -0.39 is 34.5 Å². The Bertz CT molecular complexity index is 731. The Morgan fingerprint density at radius 1 is 1.14 bits per heavy atom. The molecule has 158 valence electrons. The van der Waals surface area contributed by atoms with Crippen LogP contribution in [-0.2, 0) is 24.3 Å². The number of hydrogen-bond donors (Lipinski definition) is 2. The first-order chi connectivity index (χ1) is 13.2. The maximum Gasteiger partial charge on any atom is 0.328 e. The number of carbonyl (C=O) groups excluding carboxylic acids is 2. The molecule has 0 radical (unpaired) electrons. The molecule has 0 aromatic heterocycles. The molecule has 1 rings (SSSR count). The molecule has 28 heavy (non-hydrogen) atoms. The second-order valence-corrected chi connectivity index (χ2v) is 8.54. The molecule has 0 aliphatic rings. The van der Waals surface area contributed by atoms with E-state index in [2.05, 4.69) is 21.7 Å². The van der Waals surface area contributed by atoms with E-state index in [1.807, 2.05) is 13.8 Å². The predicted octanol–water partition coefficient (Wildman–Crippen LogP) is 1.85. The predicted molar refractivity (Wildman–Crippen MR) is 105 cm³/mol. The Balaban J connectivity index is 2.63. The fraction of sp³-hybridized carbons (Fsp3) is 0.579. The van der Waals surface area contributed by atoms with Gasteiger partial charge in [0.15, 0.2) is 0 Å². The Kier molecular flexibility index (Phi) is 9.95. The molecule has 0 fully saturated rings. The van der Waals surface area contributed by atoms with Gasteiger partial charge in [-0.05, 0) is 43.0 Å². The highest BCUT2D eigenvalue weighted by Gasteiger charge is 2.23. The lowest BCUT2D eigenvalue weighted by Crippen LogP contribution is -2.46. The Morgan fingerprint density at radius 3 is 2.32 bits per heavy atom. The third-order valence-electron chi connectivity index (χ3n) is 3.85. The third kappa shape index (κ3) is 8.26. The molecule has 2 N–H and O–H groups in total. The van der Waals surface area contributed by atoms with Crippen molar-refractivity contribution in [3.8, 4) is 5.75 Å². The van der Waals surface area contributed by atoms with Gasteiger partial charge in [0.2, 0.25) is 15.9 Å². The number of rotatable bonds is 12. The zero-order valence-corrected chi connectivity index (χ0v) is 17.7. The first-order valence-electron chi connectivity index (χ1n) is 9.29. The van der Waals surface area contributed by atoms with Gasteiger partial charge in [0.25, 0.3) is 0 Å². The van der Waals surface area contributed by atoms with Gasteiger partial charge in [0.1, 0.15) is 11.8 Å². The normalized spacial score (nSPS) is 12.5. The van der Waals surface area contributed by atoms with Gasteiger partial charge in [-0.1, -0.05) is 27.2 Å². The fourth-order valence-electron chi connectivity index (χ4n) is 2.37. The van der Waals surface area contributed by atoms with E-state index in [-0.39, 0.29) is 10.8 Å². The van der Waals surface area contributed by atoms with E-state index in [0.717, 1.165) is 12.8 Å². The molecule has 0 bridgehead atoms. The summed E-state index contributed by atoms with van der Waals surface area (Å²) in [5.74, 6) is -0.443. The molecule has 1 aromatic rings. The molecule has 8 nitrogen and oxygen atoms in total. The average Bonchev–Trinajstić information content (AvgIpc) is 2.65. The molecule has 9 heteroatoms. The van der Waals surface area contributed by atoms with E-state index in [1.54, 1.807) is 12.1 Å². The number of carbonyl (C=O) groups is 2. The number of methoxy groups -OCH3 is 1. The summed E-state index contributed by atoms with van der Waals surface area (Å²) in [5.41, 5.74) is 0. The minimum atomic E-state index is -3.86. The van der Waals surface area contributed by atoms with Crippen LogP contribution in [0.25, 0.3) is 0 Å². The monoisotopic (exact) mass is 414 g/mol. The van der Waals surface area contributed by atoms with Crippen molar-refractivity contribution >= 4 is 21.9 Å². The summed E-state index contributed by atoms with van der Waals surface area (Å²) in [4.78, 5) is 23.8. The Hall–Kier alpha value is -2.13. The van der Waals surface area contributed by atoms with Crippen molar-refractivity contribution in [1.29, 1.82) is 0 Å². The zero-order chi connectivity index (χ0) is 21.2. The maximum atomic E-state index is 12.3. The lowest BCUT2D eigenvalue weighted by molar-refractivity contribution is -0.145. The molecule has 0 aliphatic carbocycles. The molecule has 1 amide bonds. The van der Waals surface area contributed by atoms with Gasteiger partial charge in [0.05, 0.1) is 25.2 Å². The molecule has 1 aromatic carbocycles. The van der Waals surface area contributed by atoms with Crippen LogP contribution in [0.1, 0.15) is 40.0 Å². The minimum absolute atomic E-state index is 0.0230. The second-order valence-electron chi connectivity index (χ2n) is 6.77. The number of ether oxygens (including phenoxy) is 2. The van der Waals surface area contributed by atoms with Gasteiger partial charge >= 0.3 is 5.97 Å². The lowest BCUT2D eigenvalue weighted by Gasteiger charge is -2.18. The van der Waals surface area contributed by atoms with Crippen LogP contribution < -0.4 is 14.8 Å². The highest BCUT2D eigenvalue weighted by Crippen LogP contribution is 2.16. The lowest BCUT2D eigenvalue weighted by atomic mass is 10.0. The van der Waals surface area contributed by atoms with Crippen LogP contribution in [0.5, 0.6) is 5.75 Å².